The summed E-state index contributed by atoms with van der Waals surface area (Å²) in [5, 5.41) is 10.2. The topological polar surface area (TPSA) is 43.8 Å². The molecule has 4 nitrogen and oxygen atoms in total. The van der Waals surface area contributed by atoms with Gasteiger partial charge in [0.1, 0.15) is 5.82 Å². The SMILES string of the molecule is O=C(c1ccccc1F)N1C[C@@H]2[C@H](c3ccccc31)[C@H](CO)N2CC1CCCCC1. The lowest BCUT2D eigenvalue weighted by Crippen LogP contribution is -2.70. The average molecular weight is 409 g/mol. The summed E-state index contributed by atoms with van der Waals surface area (Å²) >= 11 is 0. The number of carbonyl (C=O) groups is 1. The number of likely N-dealkylation sites (tertiary alicyclic amines) is 1. The first-order valence-corrected chi connectivity index (χ1v) is 11.2. The standard InChI is InChI=1S/C25H29FN2O2/c26-20-12-6-4-10-18(20)25(30)28-15-22-24(19-11-5-7-13-21(19)28)23(16-29)27(22)14-17-8-2-1-3-9-17/h4-7,10-13,17,22-24,29H,1-3,8-9,14-16H2/t22-,23+,24+/m1/s1. The van der Waals surface area contributed by atoms with Crippen molar-refractivity contribution < 1.29 is 14.3 Å². The second kappa shape index (κ2) is 8.12. The van der Waals surface area contributed by atoms with E-state index in [1.54, 1.807) is 23.1 Å². The first-order valence-electron chi connectivity index (χ1n) is 11.2. The summed E-state index contributed by atoms with van der Waals surface area (Å²) in [5.41, 5.74) is 2.06. The van der Waals surface area contributed by atoms with Crippen molar-refractivity contribution in [3.05, 3.63) is 65.5 Å². The molecule has 5 rings (SSSR count). The summed E-state index contributed by atoms with van der Waals surface area (Å²) in [6.07, 6.45) is 6.40. The zero-order valence-electron chi connectivity index (χ0n) is 17.2. The van der Waals surface area contributed by atoms with Crippen LogP contribution in [0.1, 0.15) is 53.9 Å². The summed E-state index contributed by atoms with van der Waals surface area (Å²) in [4.78, 5) is 17.5. The van der Waals surface area contributed by atoms with Gasteiger partial charge < -0.3 is 10.0 Å². The van der Waals surface area contributed by atoms with Gasteiger partial charge >= 0.3 is 0 Å². The van der Waals surface area contributed by atoms with E-state index in [1.807, 2.05) is 18.2 Å². The smallest absolute Gasteiger partial charge is 0.261 e. The normalized spacial score (nSPS) is 26.6. The highest BCUT2D eigenvalue weighted by Crippen LogP contribution is 2.49. The predicted molar refractivity (Wildman–Crippen MR) is 115 cm³/mol. The second-order valence-corrected chi connectivity index (χ2v) is 9.00. The summed E-state index contributed by atoms with van der Waals surface area (Å²) in [5.74, 6) is 0.119. The zero-order valence-corrected chi connectivity index (χ0v) is 17.2. The predicted octanol–water partition coefficient (Wildman–Crippen LogP) is 4.20. The molecule has 2 heterocycles. The van der Waals surface area contributed by atoms with E-state index in [0.29, 0.717) is 12.5 Å². The Morgan fingerprint density at radius 3 is 2.53 bits per heavy atom. The maximum absolute atomic E-state index is 14.4. The summed E-state index contributed by atoms with van der Waals surface area (Å²) < 4.78 is 14.4. The Hall–Kier alpha value is -2.24. The van der Waals surface area contributed by atoms with Gasteiger partial charge in [-0.3, -0.25) is 9.69 Å². The van der Waals surface area contributed by atoms with Gasteiger partial charge in [0.25, 0.3) is 5.91 Å². The molecule has 5 heteroatoms. The van der Waals surface area contributed by atoms with Crippen LogP contribution < -0.4 is 4.90 Å². The van der Waals surface area contributed by atoms with E-state index >= 15 is 0 Å². The van der Waals surface area contributed by atoms with Crippen LogP contribution in [0.25, 0.3) is 0 Å². The van der Waals surface area contributed by atoms with Gasteiger partial charge in [-0.25, -0.2) is 4.39 Å². The molecule has 0 bridgehead atoms. The van der Waals surface area contributed by atoms with Crippen LogP contribution in [-0.4, -0.2) is 47.7 Å². The second-order valence-electron chi connectivity index (χ2n) is 9.00. The number of hydrogen-bond acceptors (Lipinski definition) is 3. The van der Waals surface area contributed by atoms with Crippen molar-refractivity contribution in [3.63, 3.8) is 0 Å². The average Bonchev–Trinajstić information content (AvgIpc) is 2.78. The number of fused-ring (bicyclic) bond motifs is 3. The number of hydrogen-bond donors (Lipinski definition) is 1. The fourth-order valence-electron chi connectivity index (χ4n) is 5.88. The number of para-hydroxylation sites is 1. The van der Waals surface area contributed by atoms with Gasteiger partial charge in [0.15, 0.2) is 0 Å². The van der Waals surface area contributed by atoms with Gasteiger partial charge in [-0.15, -0.1) is 0 Å². The Morgan fingerprint density at radius 2 is 1.77 bits per heavy atom. The van der Waals surface area contributed by atoms with Crippen LogP contribution in [0.5, 0.6) is 0 Å². The quantitative estimate of drug-likeness (QED) is 0.825. The van der Waals surface area contributed by atoms with E-state index in [2.05, 4.69) is 11.0 Å². The van der Waals surface area contributed by atoms with Crippen LogP contribution in [0.4, 0.5) is 10.1 Å². The summed E-state index contributed by atoms with van der Waals surface area (Å²) in [6, 6.07) is 14.4. The number of benzene rings is 2. The molecule has 3 atom stereocenters. The molecular weight excluding hydrogens is 379 g/mol. The lowest BCUT2D eigenvalue weighted by atomic mass is 9.71. The number of nitrogens with zero attached hydrogens (tertiary/aromatic N) is 2. The number of carbonyl (C=O) groups excluding carboxylic acids is 1. The van der Waals surface area contributed by atoms with E-state index in [9.17, 15) is 14.3 Å². The van der Waals surface area contributed by atoms with Crippen LogP contribution in [-0.2, 0) is 0 Å². The molecule has 0 aromatic heterocycles. The van der Waals surface area contributed by atoms with Crippen LogP contribution >= 0.6 is 0 Å². The van der Waals surface area contributed by atoms with Crippen LogP contribution in [0.15, 0.2) is 48.5 Å². The molecule has 1 saturated carbocycles. The first kappa shape index (κ1) is 19.7. The van der Waals surface area contributed by atoms with Crippen LogP contribution in [0, 0.1) is 11.7 Å². The lowest BCUT2D eigenvalue weighted by molar-refractivity contribution is -0.0545. The van der Waals surface area contributed by atoms with Crippen molar-refractivity contribution >= 4 is 11.6 Å². The van der Waals surface area contributed by atoms with Crippen molar-refractivity contribution in [2.75, 3.05) is 24.6 Å². The number of amides is 1. The molecule has 2 aromatic carbocycles. The monoisotopic (exact) mass is 408 g/mol. The minimum Gasteiger partial charge on any atom is -0.395 e. The molecule has 30 heavy (non-hydrogen) atoms. The maximum atomic E-state index is 14.4. The van der Waals surface area contributed by atoms with Gasteiger partial charge in [0.05, 0.1) is 12.2 Å². The fourth-order valence-corrected chi connectivity index (χ4v) is 5.88. The molecule has 2 aliphatic heterocycles. The van der Waals surface area contributed by atoms with E-state index in [1.165, 1.54) is 38.2 Å². The van der Waals surface area contributed by atoms with E-state index in [4.69, 9.17) is 0 Å². The third-order valence-corrected chi connectivity index (χ3v) is 7.37. The van der Waals surface area contributed by atoms with Gasteiger partial charge in [-0.05, 0) is 42.5 Å². The van der Waals surface area contributed by atoms with E-state index in [-0.39, 0.29) is 36.1 Å². The summed E-state index contributed by atoms with van der Waals surface area (Å²) in [6.45, 7) is 1.65. The third kappa shape index (κ3) is 3.25. The number of halogens is 1. The number of aliphatic hydroxyl groups is 1. The Balaban J connectivity index is 1.46. The van der Waals surface area contributed by atoms with Gasteiger partial charge in [-0.1, -0.05) is 49.6 Å². The third-order valence-electron chi connectivity index (χ3n) is 7.37. The molecule has 1 aliphatic carbocycles. The number of anilines is 1. The molecular formula is C25H29FN2O2. The molecule has 2 aromatic rings. The Kier molecular flexibility index (Phi) is 5.34. The van der Waals surface area contributed by atoms with Crippen molar-refractivity contribution in [2.45, 2.75) is 50.1 Å². The molecule has 158 valence electrons. The maximum Gasteiger partial charge on any atom is 0.261 e. The fraction of sp³-hybridized carbons (Fsp3) is 0.480. The number of aliphatic hydroxyl groups excluding tert-OH is 1. The minimum absolute atomic E-state index is 0.101. The zero-order chi connectivity index (χ0) is 20.7. The van der Waals surface area contributed by atoms with Crippen molar-refractivity contribution in [1.82, 2.24) is 4.90 Å². The van der Waals surface area contributed by atoms with Crippen LogP contribution in [0.2, 0.25) is 0 Å². The molecule has 1 amide bonds. The van der Waals surface area contributed by atoms with Crippen LogP contribution in [0.3, 0.4) is 0 Å². The highest BCUT2D eigenvalue weighted by Gasteiger charge is 2.53. The highest BCUT2D eigenvalue weighted by atomic mass is 19.1. The van der Waals surface area contributed by atoms with E-state index in [0.717, 1.165) is 17.8 Å². The van der Waals surface area contributed by atoms with Crippen molar-refractivity contribution in [2.24, 2.45) is 5.92 Å². The minimum atomic E-state index is -0.483. The molecule has 2 fully saturated rings. The van der Waals surface area contributed by atoms with Gasteiger partial charge in [0.2, 0.25) is 0 Å². The van der Waals surface area contributed by atoms with E-state index < -0.39 is 5.82 Å². The first-order chi connectivity index (χ1) is 14.7. The molecule has 0 spiro atoms. The highest BCUT2D eigenvalue weighted by molar-refractivity contribution is 6.07. The van der Waals surface area contributed by atoms with Crippen molar-refractivity contribution in [3.8, 4) is 0 Å². The lowest BCUT2D eigenvalue weighted by Gasteiger charge is -2.60. The Morgan fingerprint density at radius 1 is 1.03 bits per heavy atom. The number of rotatable bonds is 4. The molecule has 1 saturated heterocycles. The van der Waals surface area contributed by atoms with Gasteiger partial charge in [0, 0.05) is 36.8 Å². The molecule has 0 unspecified atom stereocenters. The summed E-state index contributed by atoms with van der Waals surface area (Å²) in [7, 11) is 0. The molecule has 1 N–H and O–H groups in total. The Bertz CT molecular complexity index is 927. The largest absolute Gasteiger partial charge is 0.395 e. The molecule has 0 radical (unpaired) electrons. The molecule has 3 aliphatic rings. The van der Waals surface area contributed by atoms with Crippen molar-refractivity contribution in [1.29, 1.82) is 0 Å². The van der Waals surface area contributed by atoms with Gasteiger partial charge in [-0.2, -0.15) is 0 Å². The Labute approximate surface area is 177 Å².